The molecule has 3 heteroatoms. The zero-order valence-electron chi connectivity index (χ0n) is 8.95. The minimum absolute atomic E-state index is 0.315. The van der Waals surface area contributed by atoms with Gasteiger partial charge in [0, 0.05) is 31.8 Å². The van der Waals surface area contributed by atoms with Crippen molar-refractivity contribution in [1.29, 1.82) is 0 Å². The SMILES string of the molecule is O=C1CCN(C(=O)C2C3CCCC32)CC1. The normalized spacial score (nSPS) is 39.1. The van der Waals surface area contributed by atoms with Crippen molar-refractivity contribution in [3.63, 3.8) is 0 Å². The van der Waals surface area contributed by atoms with Crippen LogP contribution >= 0.6 is 0 Å². The van der Waals surface area contributed by atoms with Crippen LogP contribution in [0.4, 0.5) is 0 Å². The smallest absolute Gasteiger partial charge is 0.226 e. The molecule has 0 aromatic carbocycles. The topological polar surface area (TPSA) is 37.4 Å². The Balaban J connectivity index is 1.59. The van der Waals surface area contributed by atoms with Crippen molar-refractivity contribution in [3.05, 3.63) is 0 Å². The van der Waals surface area contributed by atoms with Crippen molar-refractivity contribution < 1.29 is 9.59 Å². The number of likely N-dealkylation sites (tertiary alicyclic amines) is 1. The maximum absolute atomic E-state index is 12.1. The van der Waals surface area contributed by atoms with Gasteiger partial charge in [0.15, 0.2) is 0 Å². The first-order valence-electron chi connectivity index (χ1n) is 6.08. The van der Waals surface area contributed by atoms with Crippen molar-refractivity contribution >= 4 is 11.7 Å². The maximum atomic E-state index is 12.1. The average Bonchev–Trinajstić information content (AvgIpc) is 2.72. The van der Waals surface area contributed by atoms with Crippen LogP contribution in [0, 0.1) is 17.8 Å². The molecular formula is C12H17NO2. The fourth-order valence-electron chi connectivity index (χ4n) is 3.38. The van der Waals surface area contributed by atoms with Crippen molar-refractivity contribution in [3.8, 4) is 0 Å². The van der Waals surface area contributed by atoms with E-state index in [0.29, 0.717) is 55.4 Å². The number of nitrogens with zero attached hydrogens (tertiary/aromatic N) is 1. The van der Waals surface area contributed by atoms with Crippen LogP contribution in [0.1, 0.15) is 32.1 Å². The first kappa shape index (κ1) is 9.37. The monoisotopic (exact) mass is 207 g/mol. The summed E-state index contributed by atoms with van der Waals surface area (Å²) in [5, 5.41) is 0. The van der Waals surface area contributed by atoms with E-state index in [1.807, 2.05) is 4.90 Å². The minimum Gasteiger partial charge on any atom is -0.342 e. The van der Waals surface area contributed by atoms with Crippen molar-refractivity contribution in [1.82, 2.24) is 4.90 Å². The van der Waals surface area contributed by atoms with Crippen LogP contribution in [0.15, 0.2) is 0 Å². The van der Waals surface area contributed by atoms with E-state index in [2.05, 4.69) is 0 Å². The number of hydrogen-bond acceptors (Lipinski definition) is 2. The number of amides is 1. The molecule has 0 aromatic rings. The predicted octanol–water partition coefficient (Wildman–Crippen LogP) is 1.22. The van der Waals surface area contributed by atoms with E-state index in [-0.39, 0.29) is 0 Å². The Morgan fingerprint density at radius 3 is 2.33 bits per heavy atom. The number of fused-ring (bicyclic) bond motifs is 1. The zero-order chi connectivity index (χ0) is 10.4. The van der Waals surface area contributed by atoms with E-state index in [4.69, 9.17) is 0 Å². The highest BCUT2D eigenvalue weighted by molar-refractivity contribution is 5.86. The summed E-state index contributed by atoms with van der Waals surface area (Å²) in [6, 6.07) is 0. The highest BCUT2D eigenvalue weighted by Crippen LogP contribution is 2.58. The molecule has 0 spiro atoms. The molecule has 0 aromatic heterocycles. The number of hydrogen-bond donors (Lipinski definition) is 0. The number of rotatable bonds is 1. The molecule has 2 atom stereocenters. The number of ketones is 1. The molecule has 2 unspecified atom stereocenters. The number of piperidine rings is 1. The van der Waals surface area contributed by atoms with Gasteiger partial charge in [-0.1, -0.05) is 6.42 Å². The largest absolute Gasteiger partial charge is 0.342 e. The van der Waals surface area contributed by atoms with Gasteiger partial charge in [0.1, 0.15) is 5.78 Å². The van der Waals surface area contributed by atoms with E-state index in [9.17, 15) is 9.59 Å². The number of Topliss-reactive ketones (excluding diaryl/α,β-unsaturated/α-hetero) is 1. The molecule has 3 rings (SSSR count). The molecule has 2 aliphatic carbocycles. The molecule has 1 amide bonds. The molecule has 3 nitrogen and oxygen atoms in total. The molecule has 82 valence electrons. The second-order valence-corrected chi connectivity index (χ2v) is 5.15. The fourth-order valence-corrected chi connectivity index (χ4v) is 3.38. The lowest BCUT2D eigenvalue weighted by Gasteiger charge is -2.26. The summed E-state index contributed by atoms with van der Waals surface area (Å²) in [5.74, 6) is 2.41. The van der Waals surface area contributed by atoms with Gasteiger partial charge in [-0.3, -0.25) is 9.59 Å². The molecule has 15 heavy (non-hydrogen) atoms. The highest BCUT2D eigenvalue weighted by atomic mass is 16.2. The summed E-state index contributed by atoms with van der Waals surface area (Å²) >= 11 is 0. The number of carbonyl (C=O) groups is 2. The highest BCUT2D eigenvalue weighted by Gasteiger charge is 2.57. The summed E-state index contributed by atoms with van der Waals surface area (Å²) in [6.07, 6.45) is 4.99. The van der Waals surface area contributed by atoms with Crippen LogP contribution in [0.25, 0.3) is 0 Å². The van der Waals surface area contributed by atoms with E-state index < -0.39 is 0 Å². The average molecular weight is 207 g/mol. The van der Waals surface area contributed by atoms with Gasteiger partial charge < -0.3 is 4.90 Å². The lowest BCUT2D eigenvalue weighted by atomic mass is 10.1. The van der Waals surface area contributed by atoms with Gasteiger partial charge in [0.2, 0.25) is 5.91 Å². The van der Waals surface area contributed by atoms with Crippen LogP contribution in [0.3, 0.4) is 0 Å². The maximum Gasteiger partial charge on any atom is 0.226 e. The van der Waals surface area contributed by atoms with Crippen molar-refractivity contribution in [2.75, 3.05) is 13.1 Å². The molecule has 2 saturated carbocycles. The molecular weight excluding hydrogens is 190 g/mol. The standard InChI is InChI=1S/C12H17NO2/c14-8-4-6-13(7-5-8)12(15)11-9-2-1-3-10(9)11/h9-11H,1-7H2. The Labute approximate surface area is 89.8 Å². The van der Waals surface area contributed by atoms with Gasteiger partial charge >= 0.3 is 0 Å². The van der Waals surface area contributed by atoms with Gasteiger partial charge in [0.05, 0.1) is 0 Å². The Hall–Kier alpha value is -0.860. The molecule has 3 fully saturated rings. The molecule has 3 aliphatic rings. The molecule has 1 aliphatic heterocycles. The minimum atomic E-state index is 0.315. The van der Waals surface area contributed by atoms with Gasteiger partial charge in [-0.15, -0.1) is 0 Å². The first-order valence-corrected chi connectivity index (χ1v) is 6.08. The fraction of sp³-hybridized carbons (Fsp3) is 0.833. The zero-order valence-corrected chi connectivity index (χ0v) is 8.95. The van der Waals surface area contributed by atoms with Crippen LogP contribution in [0.5, 0.6) is 0 Å². The second kappa shape index (κ2) is 3.32. The summed E-state index contributed by atoms with van der Waals surface area (Å²) in [5.41, 5.74) is 0. The Morgan fingerprint density at radius 2 is 1.73 bits per heavy atom. The third-order valence-electron chi connectivity index (χ3n) is 4.32. The van der Waals surface area contributed by atoms with Crippen LogP contribution in [-0.4, -0.2) is 29.7 Å². The van der Waals surface area contributed by atoms with Crippen LogP contribution in [-0.2, 0) is 9.59 Å². The summed E-state index contributed by atoms with van der Waals surface area (Å²) in [6.45, 7) is 1.35. The van der Waals surface area contributed by atoms with Gasteiger partial charge in [-0.05, 0) is 24.7 Å². The van der Waals surface area contributed by atoms with Crippen LogP contribution < -0.4 is 0 Å². The predicted molar refractivity (Wildman–Crippen MR) is 55.1 cm³/mol. The quantitative estimate of drug-likeness (QED) is 0.648. The Bertz CT molecular complexity index is 293. The molecule has 0 bridgehead atoms. The Morgan fingerprint density at radius 1 is 1.13 bits per heavy atom. The summed E-state index contributed by atoms with van der Waals surface area (Å²) in [7, 11) is 0. The second-order valence-electron chi connectivity index (χ2n) is 5.15. The third-order valence-corrected chi connectivity index (χ3v) is 4.32. The summed E-state index contributed by atoms with van der Waals surface area (Å²) in [4.78, 5) is 25.1. The van der Waals surface area contributed by atoms with Crippen LogP contribution in [0.2, 0.25) is 0 Å². The number of carbonyl (C=O) groups excluding carboxylic acids is 2. The van der Waals surface area contributed by atoms with Crippen molar-refractivity contribution in [2.45, 2.75) is 32.1 Å². The van der Waals surface area contributed by atoms with Gasteiger partial charge in [-0.2, -0.15) is 0 Å². The van der Waals surface area contributed by atoms with E-state index in [1.54, 1.807) is 0 Å². The van der Waals surface area contributed by atoms with E-state index in [1.165, 1.54) is 19.3 Å². The molecule has 1 heterocycles. The van der Waals surface area contributed by atoms with E-state index >= 15 is 0 Å². The first-order chi connectivity index (χ1) is 7.27. The lowest BCUT2D eigenvalue weighted by molar-refractivity contribution is -0.136. The van der Waals surface area contributed by atoms with Gasteiger partial charge in [0.25, 0.3) is 0 Å². The lowest BCUT2D eigenvalue weighted by Crippen LogP contribution is -2.40. The summed E-state index contributed by atoms with van der Waals surface area (Å²) < 4.78 is 0. The van der Waals surface area contributed by atoms with E-state index in [0.717, 1.165) is 0 Å². The molecule has 1 saturated heterocycles. The third kappa shape index (κ3) is 1.48. The molecule has 0 radical (unpaired) electrons. The Kier molecular flexibility index (Phi) is 2.08. The van der Waals surface area contributed by atoms with Gasteiger partial charge in [-0.25, -0.2) is 0 Å². The molecule has 0 N–H and O–H groups in total. The van der Waals surface area contributed by atoms with Crippen molar-refractivity contribution in [2.24, 2.45) is 17.8 Å².